The molecule has 8 aliphatic rings. The van der Waals surface area contributed by atoms with Crippen molar-refractivity contribution in [1.29, 1.82) is 0 Å². The summed E-state index contributed by atoms with van der Waals surface area (Å²) in [4.78, 5) is 56.1. The fourth-order valence-corrected chi connectivity index (χ4v) is 15.8. The largest absolute Gasteiger partial charge is 0.390 e. The number of nitrogens with zero attached hydrogens (tertiary/aromatic N) is 6. The van der Waals surface area contributed by atoms with Crippen LogP contribution in [0.3, 0.4) is 0 Å². The van der Waals surface area contributed by atoms with E-state index in [2.05, 4.69) is 36.9 Å². The number of hydrogen-bond acceptors (Lipinski definition) is 14. The fourth-order valence-electron chi connectivity index (χ4n) is 11.2. The number of carbonyl (C=O) groups excluding carboxylic acids is 2. The molecule has 3 N–H and O–H groups in total. The molecule has 2 aromatic rings. The van der Waals surface area contributed by atoms with Gasteiger partial charge in [-0.05, 0) is 100 Å². The van der Waals surface area contributed by atoms with Gasteiger partial charge in [0.05, 0.1) is 35.6 Å². The second-order valence-corrected chi connectivity index (χ2v) is 24.2. The fraction of sp³-hybridized carbons (Fsp3) is 0.792. The van der Waals surface area contributed by atoms with E-state index in [1.807, 2.05) is 6.92 Å². The molecule has 23 heteroatoms. The number of halogens is 1. The van der Waals surface area contributed by atoms with Crippen molar-refractivity contribution in [3.63, 3.8) is 0 Å². The molecule has 0 bridgehead atoms. The van der Waals surface area contributed by atoms with Gasteiger partial charge in [0, 0.05) is 62.2 Å². The van der Waals surface area contributed by atoms with E-state index in [1.54, 1.807) is 46.0 Å². The first kappa shape index (κ1) is 58.5. The number of rotatable bonds is 10. The monoisotopic (exact) mass is 1090 g/mol. The lowest BCUT2D eigenvalue weighted by Crippen LogP contribution is -2.44. The maximum atomic E-state index is 12.7. The van der Waals surface area contributed by atoms with Crippen LogP contribution in [0.15, 0.2) is 34.1 Å². The van der Waals surface area contributed by atoms with Crippen molar-refractivity contribution < 1.29 is 37.7 Å². The van der Waals surface area contributed by atoms with Crippen LogP contribution in [-0.4, -0.2) is 106 Å². The first-order chi connectivity index (χ1) is 33.1. The summed E-state index contributed by atoms with van der Waals surface area (Å²) in [5.41, 5.74) is -0.759. The number of hydrogen-bond donors (Lipinski definition) is 3. The Hall–Kier alpha value is -1.77. The maximum Gasteiger partial charge on any atom is 0.351 e. The minimum absolute atomic E-state index is 0. The number of aliphatic hydroxyl groups is 1. The third-order valence-electron chi connectivity index (χ3n) is 15.1. The van der Waals surface area contributed by atoms with Crippen LogP contribution in [0.4, 0.5) is 11.6 Å². The van der Waals surface area contributed by atoms with Gasteiger partial charge in [0.15, 0.2) is 0 Å². The highest BCUT2D eigenvalue weighted by Crippen LogP contribution is 2.63. The van der Waals surface area contributed by atoms with E-state index in [0.717, 1.165) is 44.8 Å². The van der Waals surface area contributed by atoms with Gasteiger partial charge >= 0.3 is 11.4 Å². The molecule has 6 aliphatic heterocycles. The smallest absolute Gasteiger partial charge is 0.351 e. The van der Waals surface area contributed by atoms with Crippen LogP contribution < -0.4 is 22.0 Å². The average molecular weight is 1090 g/mol. The zero-order valence-corrected chi connectivity index (χ0v) is 46.8. The predicted molar refractivity (Wildman–Crippen MR) is 286 cm³/mol. The van der Waals surface area contributed by atoms with Crippen molar-refractivity contribution in [3.05, 3.63) is 45.5 Å². The van der Waals surface area contributed by atoms with Crippen LogP contribution in [-0.2, 0) is 32.6 Å². The Morgan fingerprint density at radius 3 is 1.69 bits per heavy atom. The lowest BCUT2D eigenvalue weighted by Gasteiger charge is -2.46. The van der Waals surface area contributed by atoms with Crippen molar-refractivity contribution in [1.82, 2.24) is 28.4 Å². The van der Waals surface area contributed by atoms with E-state index in [-0.39, 0.29) is 91.8 Å². The van der Waals surface area contributed by atoms with E-state index < -0.39 is 46.1 Å². The topological polar surface area (TPSA) is 201 Å². The van der Waals surface area contributed by atoms with Crippen molar-refractivity contribution in [2.45, 2.75) is 217 Å². The Morgan fingerprint density at radius 2 is 1.21 bits per heavy atom. The number of nitrogens with one attached hydrogen (secondary N) is 2. The van der Waals surface area contributed by atoms with Crippen molar-refractivity contribution in [2.75, 3.05) is 23.7 Å². The van der Waals surface area contributed by atoms with Crippen LogP contribution >= 0.6 is 54.4 Å². The van der Waals surface area contributed by atoms with Crippen LogP contribution in [0.1, 0.15) is 170 Å². The van der Waals surface area contributed by atoms with Gasteiger partial charge in [-0.15, -0.1) is 0 Å². The van der Waals surface area contributed by atoms with Crippen LogP contribution in [0.2, 0.25) is 0 Å². The number of aromatic nitrogens is 4. The average Bonchev–Trinajstić information content (AvgIpc) is 4.19. The molecule has 10 rings (SSSR count). The molecule has 400 valence electrons. The third kappa shape index (κ3) is 14.0. The molecule has 6 unspecified atom stereocenters. The van der Waals surface area contributed by atoms with Gasteiger partial charge in [0.25, 0.3) is 8.53 Å². The molecule has 2 amide bonds. The Labute approximate surface area is 440 Å². The number of amides is 2. The van der Waals surface area contributed by atoms with E-state index >= 15 is 0 Å². The van der Waals surface area contributed by atoms with E-state index in [0.29, 0.717) is 25.3 Å². The molecule has 0 radical (unpaired) electrons. The van der Waals surface area contributed by atoms with E-state index in [4.69, 9.17) is 34.3 Å². The molecule has 0 aromatic carbocycles. The number of anilines is 2. The summed E-state index contributed by atoms with van der Waals surface area (Å²) in [7, 11) is -1.92. The molecular weight excluding hydrogens is 1010 g/mol. The molecular formula is C48H79ClN8O10P2S2. The Balaban J connectivity index is 0.000000190. The van der Waals surface area contributed by atoms with Crippen LogP contribution in [0.25, 0.3) is 0 Å². The van der Waals surface area contributed by atoms with E-state index in [1.165, 1.54) is 86.0 Å². The van der Waals surface area contributed by atoms with Gasteiger partial charge in [-0.1, -0.05) is 67.2 Å². The molecule has 18 nitrogen and oxygen atoms in total. The number of fused-ring (bicyclic) bond motifs is 2. The summed E-state index contributed by atoms with van der Waals surface area (Å²) in [5.74, 6) is -0.255. The minimum Gasteiger partial charge on any atom is -0.390 e. The second kappa shape index (κ2) is 25.8. The van der Waals surface area contributed by atoms with Crippen molar-refractivity contribution >= 4 is 77.9 Å². The molecule has 2 aromatic heterocycles. The summed E-state index contributed by atoms with van der Waals surface area (Å²) < 4.78 is 39.1. The Morgan fingerprint density at radius 1 is 0.746 bits per heavy atom. The maximum absolute atomic E-state index is 12.7. The SMILES string of the molecule is CCC1OC(n2ccc(NC(=O)C(C)C)nc2=O)CC1OP1OC2(CCCC2)C[C@@H]2CCCN21.CC[C@H]1O[C@@H](n2ccc(NC(=O)C(C)C)nc2=O)CC1O.ClP1OC2(CCCC2)C[C@@H]2CCCN21.S.S. The predicted octanol–water partition coefficient (Wildman–Crippen LogP) is 9.12. The highest BCUT2D eigenvalue weighted by atomic mass is 35.7. The Bertz CT molecular complexity index is 2210. The molecule has 10 atom stereocenters. The van der Waals surface area contributed by atoms with Gasteiger partial charge in [0.2, 0.25) is 19.5 Å². The number of ether oxygens (including phenoxy) is 2. The van der Waals surface area contributed by atoms with Gasteiger partial charge in [-0.3, -0.25) is 18.7 Å². The van der Waals surface area contributed by atoms with Crippen LogP contribution in [0.5, 0.6) is 0 Å². The van der Waals surface area contributed by atoms with E-state index in [9.17, 15) is 24.3 Å². The van der Waals surface area contributed by atoms with Gasteiger partial charge in [-0.2, -0.15) is 37.0 Å². The highest BCUT2D eigenvalue weighted by molar-refractivity contribution is 7.78. The second-order valence-electron chi connectivity index (χ2n) is 20.8. The molecule has 2 saturated carbocycles. The first-order valence-corrected chi connectivity index (χ1v) is 29.0. The molecule has 71 heavy (non-hydrogen) atoms. The summed E-state index contributed by atoms with van der Waals surface area (Å²) in [6, 6.07) is 4.51. The lowest BCUT2D eigenvalue weighted by molar-refractivity contribution is -0.119. The summed E-state index contributed by atoms with van der Waals surface area (Å²) in [6.45, 7) is 13.3. The summed E-state index contributed by atoms with van der Waals surface area (Å²) in [6.07, 6.45) is 21.0. The van der Waals surface area contributed by atoms with Gasteiger partial charge in [-0.25, -0.2) is 18.9 Å². The lowest BCUT2D eigenvalue weighted by atomic mass is 9.92. The normalized spacial score (nSPS) is 31.5. The highest BCUT2D eigenvalue weighted by Gasteiger charge is 2.52. The Kier molecular flexibility index (Phi) is 21.3. The standard InChI is InChI=1S/C24H37N4O5P.C14H21N3O4.C10H17ClNOP.2H2S/c1-4-18-19(32-34-28-12-7-8-17(28)15-24(33-34)10-5-6-11-24)14-21(31-18)27-13-9-20(26-23(27)30)25-22(29)16(2)3;1-4-10-9(18)7-12(21-10)17-6-5-11(16-14(17)20)15-13(19)8(2)3;11-14-12-7-3-4-9(12)8-10(13-14)5-1-2-6-10;;/h9,13,16-19,21H,4-8,10-12,14-15H2,1-3H3,(H,25,26,29,30);5-6,8-10,12,18H,4,7H2,1-3H3,(H,15,16,19,20);9H,1-8H2;2*1H2/t17-,18?,19?,21?,34?;9?,10-,12-;9-,14?;;/m010../s1. The quantitative estimate of drug-likeness (QED) is 0.190. The van der Waals surface area contributed by atoms with Gasteiger partial charge in [0.1, 0.15) is 24.1 Å². The minimum atomic E-state index is -1.13. The van der Waals surface area contributed by atoms with Crippen molar-refractivity contribution in [3.8, 4) is 0 Å². The summed E-state index contributed by atoms with van der Waals surface area (Å²) >= 11 is 6.36. The number of aliphatic hydroxyl groups excluding tert-OH is 1. The number of carbonyl (C=O) groups is 2. The molecule has 8 fully saturated rings. The van der Waals surface area contributed by atoms with Gasteiger partial charge < -0.3 is 38.8 Å². The zero-order chi connectivity index (χ0) is 49.0. The van der Waals surface area contributed by atoms with Crippen molar-refractivity contribution in [2.24, 2.45) is 11.8 Å². The molecule has 6 saturated heterocycles. The first-order valence-electron chi connectivity index (χ1n) is 25.7. The molecule has 2 spiro atoms. The zero-order valence-electron chi connectivity index (χ0n) is 42.3. The molecule has 8 heterocycles. The van der Waals surface area contributed by atoms with Crippen LogP contribution in [0, 0.1) is 11.8 Å². The third-order valence-corrected chi connectivity index (χ3v) is 19.3. The summed E-state index contributed by atoms with van der Waals surface area (Å²) in [5, 5.41) is 15.1. The molecule has 2 aliphatic carbocycles.